The van der Waals surface area contributed by atoms with Gasteiger partial charge in [-0.2, -0.15) is 0 Å². The largest absolute Gasteiger partial charge is 0.496 e. The van der Waals surface area contributed by atoms with Gasteiger partial charge in [-0.25, -0.2) is 4.39 Å². The average Bonchev–Trinajstić information content (AvgIpc) is 2.55. The lowest BCUT2D eigenvalue weighted by molar-refractivity contribution is 0.312. The average molecular weight is 323 g/mol. The summed E-state index contributed by atoms with van der Waals surface area (Å²) in [6.07, 6.45) is 1.64. The molecule has 0 unspecified atom stereocenters. The molecule has 0 fully saturated rings. The van der Waals surface area contributed by atoms with Crippen molar-refractivity contribution in [1.82, 2.24) is 0 Å². The third-order valence-electron chi connectivity index (χ3n) is 3.45. The third kappa shape index (κ3) is 3.92. The van der Waals surface area contributed by atoms with Crippen molar-refractivity contribution in [1.29, 1.82) is 0 Å². The number of aryl methyl sites for hydroxylation is 1. The minimum Gasteiger partial charge on any atom is -0.496 e. The van der Waals surface area contributed by atoms with Crippen LogP contribution in [0.2, 0.25) is 0 Å². The Hall–Kier alpha value is -1.74. The fraction of sp³-hybridized carbons (Fsp3) is 0.333. The van der Waals surface area contributed by atoms with Gasteiger partial charge in [0.25, 0.3) is 0 Å². The first-order valence-corrected chi connectivity index (χ1v) is 7.88. The van der Waals surface area contributed by atoms with Gasteiger partial charge in [-0.1, -0.05) is 19.1 Å². The highest BCUT2D eigenvalue weighted by molar-refractivity contribution is 6.17. The van der Waals surface area contributed by atoms with Crippen LogP contribution in [0.15, 0.2) is 36.4 Å². The molecule has 2 aromatic carbocycles. The summed E-state index contributed by atoms with van der Waals surface area (Å²) >= 11 is 5.68. The van der Waals surface area contributed by atoms with E-state index >= 15 is 0 Å². The smallest absolute Gasteiger partial charge is 0.130 e. The maximum atomic E-state index is 13.1. The predicted molar refractivity (Wildman–Crippen MR) is 88.6 cm³/mol. The van der Waals surface area contributed by atoms with Crippen LogP contribution in [0.1, 0.15) is 18.9 Å². The van der Waals surface area contributed by atoms with E-state index in [-0.39, 0.29) is 5.82 Å². The van der Waals surface area contributed by atoms with Crippen LogP contribution < -0.4 is 9.47 Å². The molecule has 0 saturated carbocycles. The van der Waals surface area contributed by atoms with Gasteiger partial charge in [0.2, 0.25) is 0 Å². The molecule has 0 saturated heterocycles. The summed E-state index contributed by atoms with van der Waals surface area (Å²) in [5, 5.41) is 0. The quantitative estimate of drug-likeness (QED) is 0.523. The summed E-state index contributed by atoms with van der Waals surface area (Å²) in [4.78, 5) is 0. The number of alkyl halides is 1. The summed E-state index contributed by atoms with van der Waals surface area (Å²) in [5.41, 5.74) is 2.94. The summed E-state index contributed by atoms with van der Waals surface area (Å²) in [5.74, 6) is 1.85. The summed E-state index contributed by atoms with van der Waals surface area (Å²) < 4.78 is 24.4. The number of hydrogen-bond acceptors (Lipinski definition) is 2. The Kier molecular flexibility index (Phi) is 6.08. The number of halogens is 2. The summed E-state index contributed by atoms with van der Waals surface area (Å²) in [6.45, 7) is 2.65. The van der Waals surface area contributed by atoms with E-state index in [0.717, 1.165) is 35.3 Å². The van der Waals surface area contributed by atoms with E-state index in [4.69, 9.17) is 21.1 Å². The fourth-order valence-corrected chi connectivity index (χ4v) is 2.39. The number of rotatable bonds is 7. The zero-order chi connectivity index (χ0) is 15.9. The fourth-order valence-electron chi connectivity index (χ4n) is 2.28. The van der Waals surface area contributed by atoms with Crippen LogP contribution in [0.25, 0.3) is 11.1 Å². The lowest BCUT2D eigenvalue weighted by atomic mass is 10.00. The minimum absolute atomic E-state index is 0.251. The van der Waals surface area contributed by atoms with Crippen LogP contribution in [0.3, 0.4) is 0 Å². The van der Waals surface area contributed by atoms with E-state index in [1.54, 1.807) is 19.2 Å². The molecule has 2 aromatic rings. The molecule has 0 atom stereocenters. The highest BCUT2D eigenvalue weighted by Crippen LogP contribution is 2.36. The molecule has 0 N–H and O–H groups in total. The number of methoxy groups -OCH3 is 1. The van der Waals surface area contributed by atoms with E-state index in [2.05, 4.69) is 6.92 Å². The molecule has 0 aromatic heterocycles. The first-order valence-electron chi connectivity index (χ1n) is 7.35. The van der Waals surface area contributed by atoms with Crippen molar-refractivity contribution < 1.29 is 13.9 Å². The molecule has 0 aliphatic carbocycles. The Bertz CT molecular complexity index is 611. The first-order chi connectivity index (χ1) is 10.7. The second kappa shape index (κ2) is 8.04. The number of ether oxygens (including phenoxy) is 2. The van der Waals surface area contributed by atoms with Crippen molar-refractivity contribution in [2.75, 3.05) is 19.6 Å². The molecule has 2 rings (SSSR count). The summed E-state index contributed by atoms with van der Waals surface area (Å²) in [6, 6.07) is 10.3. The van der Waals surface area contributed by atoms with Gasteiger partial charge < -0.3 is 9.47 Å². The van der Waals surface area contributed by atoms with E-state index in [0.29, 0.717) is 18.2 Å². The molecule has 0 amide bonds. The first kappa shape index (κ1) is 16.6. The maximum Gasteiger partial charge on any atom is 0.130 e. The topological polar surface area (TPSA) is 18.5 Å². The van der Waals surface area contributed by atoms with Gasteiger partial charge in [-0.05, 0) is 42.2 Å². The molecule has 0 radical (unpaired) electrons. The second-order valence-corrected chi connectivity index (χ2v) is 5.29. The van der Waals surface area contributed by atoms with Crippen LogP contribution in [-0.4, -0.2) is 19.6 Å². The Balaban J connectivity index is 2.39. The molecule has 0 aliphatic rings. The zero-order valence-electron chi connectivity index (χ0n) is 12.9. The minimum atomic E-state index is -0.251. The van der Waals surface area contributed by atoms with Crippen LogP contribution in [0.5, 0.6) is 11.5 Å². The Morgan fingerprint density at radius 3 is 2.41 bits per heavy atom. The molecule has 118 valence electrons. The molecule has 0 heterocycles. The zero-order valence-corrected chi connectivity index (χ0v) is 13.6. The van der Waals surface area contributed by atoms with Crippen molar-refractivity contribution in [2.45, 2.75) is 19.8 Å². The highest BCUT2D eigenvalue weighted by Gasteiger charge is 2.12. The summed E-state index contributed by atoms with van der Waals surface area (Å²) in [7, 11) is 1.62. The standard InChI is InChI=1S/C18H20ClFO2/c1-3-13-11-16(14-5-7-15(20)8-6-14)18(21-2)12-17(13)22-10-4-9-19/h5-8,11-12H,3-4,9-10H2,1-2H3. The maximum absolute atomic E-state index is 13.1. The monoisotopic (exact) mass is 322 g/mol. The molecule has 0 aliphatic heterocycles. The molecule has 4 heteroatoms. The van der Waals surface area contributed by atoms with E-state index < -0.39 is 0 Å². The number of hydrogen-bond donors (Lipinski definition) is 0. The van der Waals surface area contributed by atoms with Crippen molar-refractivity contribution in [3.8, 4) is 22.6 Å². The van der Waals surface area contributed by atoms with Crippen molar-refractivity contribution >= 4 is 11.6 Å². The van der Waals surface area contributed by atoms with Gasteiger partial charge in [0, 0.05) is 17.5 Å². The van der Waals surface area contributed by atoms with Crippen LogP contribution in [-0.2, 0) is 6.42 Å². The van der Waals surface area contributed by atoms with Gasteiger partial charge in [0.1, 0.15) is 17.3 Å². The van der Waals surface area contributed by atoms with Crippen LogP contribution in [0, 0.1) is 5.82 Å². The Morgan fingerprint density at radius 1 is 1.09 bits per heavy atom. The second-order valence-electron chi connectivity index (χ2n) is 4.91. The highest BCUT2D eigenvalue weighted by atomic mass is 35.5. The molecule has 0 spiro atoms. The SMILES string of the molecule is CCc1cc(-c2ccc(F)cc2)c(OC)cc1OCCCCl. The van der Waals surface area contributed by atoms with E-state index in [9.17, 15) is 4.39 Å². The lowest BCUT2D eigenvalue weighted by Crippen LogP contribution is -2.02. The number of benzene rings is 2. The van der Waals surface area contributed by atoms with Gasteiger partial charge in [-0.3, -0.25) is 0 Å². The molecular weight excluding hydrogens is 303 g/mol. The molecule has 0 bridgehead atoms. The Labute approximate surface area is 135 Å². The van der Waals surface area contributed by atoms with E-state index in [1.807, 2.05) is 12.1 Å². The Morgan fingerprint density at radius 2 is 1.82 bits per heavy atom. The van der Waals surface area contributed by atoms with Crippen molar-refractivity contribution in [3.63, 3.8) is 0 Å². The van der Waals surface area contributed by atoms with E-state index in [1.165, 1.54) is 12.1 Å². The molecule has 22 heavy (non-hydrogen) atoms. The van der Waals surface area contributed by atoms with Crippen LogP contribution >= 0.6 is 11.6 Å². The normalized spacial score (nSPS) is 10.5. The van der Waals surface area contributed by atoms with Crippen molar-refractivity contribution in [2.24, 2.45) is 0 Å². The van der Waals surface area contributed by atoms with Gasteiger partial charge >= 0.3 is 0 Å². The molecule has 2 nitrogen and oxygen atoms in total. The predicted octanol–water partition coefficient (Wildman–Crippen LogP) is 5.07. The van der Waals surface area contributed by atoms with Gasteiger partial charge in [-0.15, -0.1) is 11.6 Å². The van der Waals surface area contributed by atoms with Crippen LogP contribution in [0.4, 0.5) is 4.39 Å². The lowest BCUT2D eigenvalue weighted by Gasteiger charge is -2.16. The van der Waals surface area contributed by atoms with Crippen molar-refractivity contribution in [3.05, 3.63) is 47.8 Å². The third-order valence-corrected chi connectivity index (χ3v) is 3.72. The van der Waals surface area contributed by atoms with Gasteiger partial charge in [0.15, 0.2) is 0 Å². The molecular formula is C18H20ClFO2. The van der Waals surface area contributed by atoms with Gasteiger partial charge in [0.05, 0.1) is 13.7 Å².